The van der Waals surface area contributed by atoms with E-state index in [0.717, 1.165) is 12.8 Å². The van der Waals surface area contributed by atoms with Crippen LogP contribution in [0.15, 0.2) is 47.4 Å². The zero-order valence-electron chi connectivity index (χ0n) is 17.0. The molecule has 30 heavy (non-hydrogen) atoms. The van der Waals surface area contributed by atoms with Gasteiger partial charge in [0.05, 0.1) is 18.9 Å². The summed E-state index contributed by atoms with van der Waals surface area (Å²) >= 11 is 5.66. The Morgan fingerprint density at radius 3 is 2.57 bits per heavy atom. The highest BCUT2D eigenvalue weighted by atomic mass is 32.2. The van der Waals surface area contributed by atoms with Crippen LogP contribution in [0, 0.1) is 0 Å². The van der Waals surface area contributed by atoms with Gasteiger partial charge in [-0.25, -0.2) is 13.6 Å². The third-order valence-corrected chi connectivity index (χ3v) is 6.13. The number of rotatable bonds is 8. The van der Waals surface area contributed by atoms with E-state index in [1.54, 1.807) is 12.1 Å². The van der Waals surface area contributed by atoms with Gasteiger partial charge in [0, 0.05) is 25.2 Å². The number of anilines is 1. The molecule has 0 atom stereocenters. The zero-order chi connectivity index (χ0) is 21.6. The highest BCUT2D eigenvalue weighted by Crippen LogP contribution is 2.37. The van der Waals surface area contributed by atoms with Crippen molar-refractivity contribution >= 4 is 32.9 Å². The molecular formula is C21H27N3O4S2. The maximum atomic E-state index is 12.5. The number of thiocarbonyl (C=S) groups is 1. The summed E-state index contributed by atoms with van der Waals surface area (Å²) in [6.45, 7) is 5.23. The van der Waals surface area contributed by atoms with Crippen LogP contribution < -0.4 is 15.2 Å². The van der Waals surface area contributed by atoms with Gasteiger partial charge in [0.2, 0.25) is 10.0 Å². The molecule has 3 N–H and O–H groups in total. The summed E-state index contributed by atoms with van der Waals surface area (Å²) in [7, 11) is -4.06. The number of primary sulfonamides is 1. The smallest absolute Gasteiger partial charge is 0.241 e. The number of benzene rings is 2. The van der Waals surface area contributed by atoms with E-state index < -0.39 is 10.0 Å². The molecule has 0 bridgehead atoms. The molecular weight excluding hydrogens is 422 g/mol. The van der Waals surface area contributed by atoms with Crippen LogP contribution in [0.3, 0.4) is 0 Å². The predicted octanol–water partition coefficient (Wildman–Crippen LogP) is 3.35. The number of nitrogens with zero attached hydrogens (tertiary/aromatic N) is 1. The number of sulfonamides is 1. The monoisotopic (exact) mass is 449 g/mol. The summed E-state index contributed by atoms with van der Waals surface area (Å²) in [6, 6.07) is 12.3. The van der Waals surface area contributed by atoms with Crippen molar-refractivity contribution in [2.24, 2.45) is 5.14 Å². The van der Waals surface area contributed by atoms with Crippen molar-refractivity contribution in [3.8, 4) is 11.5 Å². The van der Waals surface area contributed by atoms with E-state index in [2.05, 4.69) is 12.2 Å². The van der Waals surface area contributed by atoms with Gasteiger partial charge in [-0.05, 0) is 30.7 Å². The Hall–Kier alpha value is -2.20. The van der Waals surface area contributed by atoms with Crippen molar-refractivity contribution in [2.75, 3.05) is 38.2 Å². The van der Waals surface area contributed by atoms with Crippen molar-refractivity contribution in [2.45, 2.75) is 24.7 Å². The summed E-state index contributed by atoms with van der Waals surface area (Å²) in [5.74, 6) is 0.692. The van der Waals surface area contributed by atoms with E-state index in [4.69, 9.17) is 26.8 Å². The highest BCUT2D eigenvalue weighted by Gasteiger charge is 2.24. The second kappa shape index (κ2) is 10.2. The van der Waals surface area contributed by atoms with Gasteiger partial charge in [-0.15, -0.1) is 0 Å². The summed E-state index contributed by atoms with van der Waals surface area (Å²) in [6.07, 6.45) is 1.92. The van der Waals surface area contributed by atoms with Crippen LogP contribution in [0.4, 0.5) is 5.69 Å². The topological polar surface area (TPSA) is 93.9 Å². The second-order valence-electron chi connectivity index (χ2n) is 7.00. The zero-order valence-corrected chi connectivity index (χ0v) is 18.6. The fourth-order valence-electron chi connectivity index (χ4n) is 3.13. The van der Waals surface area contributed by atoms with Crippen molar-refractivity contribution < 1.29 is 17.9 Å². The first kappa shape index (κ1) is 22.5. The minimum atomic E-state index is -4.06. The number of ether oxygens (including phenoxy) is 2. The van der Waals surface area contributed by atoms with Crippen LogP contribution >= 0.6 is 12.2 Å². The van der Waals surface area contributed by atoms with Crippen molar-refractivity contribution in [3.05, 3.63) is 48.0 Å². The van der Waals surface area contributed by atoms with Gasteiger partial charge >= 0.3 is 0 Å². The molecule has 1 saturated heterocycles. The van der Waals surface area contributed by atoms with E-state index in [9.17, 15) is 8.42 Å². The summed E-state index contributed by atoms with van der Waals surface area (Å²) in [4.78, 5) is 2.47. The molecule has 0 saturated carbocycles. The quantitative estimate of drug-likeness (QED) is 0.471. The fourth-order valence-corrected chi connectivity index (χ4v) is 4.13. The van der Waals surface area contributed by atoms with Crippen molar-refractivity contribution in [1.82, 2.24) is 4.90 Å². The molecule has 1 heterocycles. The van der Waals surface area contributed by atoms with Crippen LogP contribution in [-0.4, -0.2) is 51.2 Å². The summed E-state index contributed by atoms with van der Waals surface area (Å²) < 4.78 is 36.3. The predicted molar refractivity (Wildman–Crippen MR) is 122 cm³/mol. The lowest BCUT2D eigenvalue weighted by atomic mass is 10.1. The van der Waals surface area contributed by atoms with E-state index in [-0.39, 0.29) is 10.6 Å². The standard InChI is InChI=1S/C21H27N3O4S2/c1-2-3-9-23-18-14-16(21(29)24-10-12-27-13-11-24)15-19(30(22,25)26)20(18)28-17-7-5-4-6-8-17/h4-8,14-15,23H,2-3,9-13H2,1H3,(H2,22,25,26). The number of hydrogen-bond acceptors (Lipinski definition) is 6. The Morgan fingerprint density at radius 1 is 1.23 bits per heavy atom. The first-order valence-corrected chi connectivity index (χ1v) is 11.9. The average molecular weight is 450 g/mol. The van der Waals surface area contributed by atoms with Crippen LogP contribution in [0.1, 0.15) is 25.3 Å². The Kier molecular flexibility index (Phi) is 7.65. The minimum Gasteiger partial charge on any atom is -0.454 e. The van der Waals surface area contributed by atoms with Gasteiger partial charge in [-0.2, -0.15) is 0 Å². The molecule has 0 aliphatic carbocycles. The molecule has 0 spiro atoms. The second-order valence-corrected chi connectivity index (χ2v) is 8.91. The maximum absolute atomic E-state index is 12.5. The van der Waals surface area contributed by atoms with Crippen LogP contribution in [0.5, 0.6) is 11.5 Å². The molecule has 1 fully saturated rings. The van der Waals surface area contributed by atoms with Crippen LogP contribution in [0.25, 0.3) is 0 Å². The fraction of sp³-hybridized carbons (Fsp3) is 0.381. The van der Waals surface area contributed by atoms with E-state index >= 15 is 0 Å². The van der Waals surface area contributed by atoms with E-state index in [0.29, 0.717) is 54.8 Å². The Labute approximate surface area is 183 Å². The number of unbranched alkanes of at least 4 members (excludes halogenated alkanes) is 1. The number of nitrogens with one attached hydrogen (secondary N) is 1. The molecule has 2 aromatic carbocycles. The van der Waals surface area contributed by atoms with E-state index in [1.807, 2.05) is 29.2 Å². The Morgan fingerprint density at radius 2 is 1.93 bits per heavy atom. The molecule has 1 aliphatic rings. The van der Waals surface area contributed by atoms with Gasteiger partial charge in [0.25, 0.3) is 0 Å². The van der Waals surface area contributed by atoms with Crippen molar-refractivity contribution in [1.29, 1.82) is 0 Å². The average Bonchev–Trinajstić information content (AvgIpc) is 2.75. The number of para-hydroxylation sites is 1. The van der Waals surface area contributed by atoms with Gasteiger partial charge in [0.1, 0.15) is 15.6 Å². The molecule has 0 radical (unpaired) electrons. The molecule has 7 nitrogen and oxygen atoms in total. The number of morpholine rings is 1. The molecule has 162 valence electrons. The maximum Gasteiger partial charge on any atom is 0.241 e. The first-order chi connectivity index (χ1) is 14.4. The largest absolute Gasteiger partial charge is 0.454 e. The van der Waals surface area contributed by atoms with Gasteiger partial charge in [-0.1, -0.05) is 43.8 Å². The van der Waals surface area contributed by atoms with E-state index in [1.165, 1.54) is 6.07 Å². The Balaban J connectivity index is 2.07. The third-order valence-electron chi connectivity index (χ3n) is 4.72. The molecule has 1 aliphatic heterocycles. The summed E-state index contributed by atoms with van der Waals surface area (Å²) in [5, 5.41) is 8.87. The first-order valence-electron chi connectivity index (χ1n) is 9.94. The Bertz CT molecular complexity index is 975. The molecule has 9 heteroatoms. The van der Waals surface area contributed by atoms with Gasteiger partial charge in [-0.3, -0.25) is 0 Å². The highest BCUT2D eigenvalue weighted by molar-refractivity contribution is 7.89. The molecule has 2 aromatic rings. The SMILES string of the molecule is CCCCNc1cc(C(=S)N2CCOCC2)cc(S(N)(=O)=O)c1Oc1ccccc1. The van der Waals surface area contributed by atoms with Crippen molar-refractivity contribution in [3.63, 3.8) is 0 Å². The lowest BCUT2D eigenvalue weighted by molar-refractivity contribution is 0.0693. The van der Waals surface area contributed by atoms with Crippen LogP contribution in [-0.2, 0) is 14.8 Å². The summed E-state index contributed by atoms with van der Waals surface area (Å²) in [5.41, 5.74) is 1.15. The number of nitrogens with two attached hydrogens (primary N) is 1. The van der Waals surface area contributed by atoms with Gasteiger partial charge < -0.3 is 19.7 Å². The minimum absolute atomic E-state index is 0.0986. The number of hydrogen-bond donors (Lipinski definition) is 2. The lowest BCUT2D eigenvalue weighted by Crippen LogP contribution is -2.40. The lowest BCUT2D eigenvalue weighted by Gasteiger charge is -2.29. The van der Waals surface area contributed by atoms with Gasteiger partial charge in [0.15, 0.2) is 5.75 Å². The third kappa shape index (κ3) is 5.69. The molecule has 3 rings (SSSR count). The molecule has 0 amide bonds. The van der Waals surface area contributed by atoms with Crippen LogP contribution in [0.2, 0.25) is 0 Å². The molecule has 0 unspecified atom stereocenters. The molecule has 0 aromatic heterocycles. The normalized spacial score (nSPS) is 14.4.